The summed E-state index contributed by atoms with van der Waals surface area (Å²) in [6, 6.07) is 8.78. The van der Waals surface area contributed by atoms with E-state index < -0.39 is 0 Å². The molecule has 2 fully saturated rings. The number of piperidine rings is 1. The molecule has 6 heteroatoms. The van der Waals surface area contributed by atoms with E-state index in [2.05, 4.69) is 15.1 Å². The van der Waals surface area contributed by atoms with Crippen molar-refractivity contribution < 1.29 is 4.79 Å². The molecule has 1 amide bonds. The number of halogens is 1. The van der Waals surface area contributed by atoms with E-state index in [1.54, 1.807) is 12.4 Å². The number of carbonyl (C=O) groups is 1. The molecule has 24 heavy (non-hydrogen) atoms. The van der Waals surface area contributed by atoms with Gasteiger partial charge in [-0.25, -0.2) is 0 Å². The molecule has 1 aromatic carbocycles. The van der Waals surface area contributed by atoms with Gasteiger partial charge in [-0.05, 0) is 49.8 Å². The zero-order valence-corrected chi connectivity index (χ0v) is 14.3. The number of aromatic nitrogens is 3. The Kier molecular flexibility index (Phi) is 4.27. The first-order chi connectivity index (χ1) is 11.7. The molecule has 2 unspecified atom stereocenters. The molecular weight excluding hydrogens is 324 g/mol. The summed E-state index contributed by atoms with van der Waals surface area (Å²) in [5.74, 6) is 0.273. The Morgan fingerprint density at radius 1 is 1.12 bits per heavy atom. The first-order valence-corrected chi connectivity index (χ1v) is 9.00. The van der Waals surface area contributed by atoms with Gasteiger partial charge in [0.05, 0.1) is 18.4 Å². The fourth-order valence-corrected chi connectivity index (χ4v) is 4.44. The van der Waals surface area contributed by atoms with Crippen molar-refractivity contribution in [1.29, 1.82) is 0 Å². The van der Waals surface area contributed by atoms with Crippen LogP contribution in [-0.2, 0) is 11.2 Å². The first-order valence-electron chi connectivity index (χ1n) is 8.62. The molecule has 2 aliphatic heterocycles. The molecule has 0 spiro atoms. The smallest absolute Gasteiger partial charge is 0.223 e. The minimum atomic E-state index is 0.273. The second-order valence-electron chi connectivity index (χ2n) is 6.79. The fraction of sp³-hybridized carbons (Fsp3) is 0.500. The van der Waals surface area contributed by atoms with Crippen LogP contribution >= 0.6 is 11.6 Å². The molecule has 2 aromatic rings. The molecule has 0 radical (unpaired) electrons. The Balaban J connectivity index is 1.39. The van der Waals surface area contributed by atoms with Crippen LogP contribution in [0.5, 0.6) is 0 Å². The van der Waals surface area contributed by atoms with Gasteiger partial charge in [0.2, 0.25) is 5.91 Å². The highest BCUT2D eigenvalue weighted by Crippen LogP contribution is 2.40. The highest BCUT2D eigenvalue weighted by molar-refractivity contribution is 6.30. The maximum Gasteiger partial charge on any atom is 0.223 e. The van der Waals surface area contributed by atoms with Crippen LogP contribution in [0, 0.1) is 0 Å². The monoisotopic (exact) mass is 344 g/mol. The number of hydrogen-bond donors (Lipinski definition) is 0. The number of aryl methyl sites for hydroxylation is 1. The van der Waals surface area contributed by atoms with Crippen LogP contribution < -0.4 is 0 Å². The molecular formula is C18H21ClN4O. The average molecular weight is 345 g/mol. The van der Waals surface area contributed by atoms with Crippen LogP contribution in [0.2, 0.25) is 5.02 Å². The highest BCUT2D eigenvalue weighted by Gasteiger charge is 2.43. The lowest BCUT2D eigenvalue weighted by Gasteiger charge is -2.38. The summed E-state index contributed by atoms with van der Waals surface area (Å²) in [7, 11) is 0. The second-order valence-corrected chi connectivity index (χ2v) is 7.23. The molecule has 2 bridgehead atoms. The molecule has 126 valence electrons. The largest absolute Gasteiger partial charge is 0.337 e. The van der Waals surface area contributed by atoms with Crippen LogP contribution in [0.25, 0.3) is 0 Å². The second kappa shape index (κ2) is 6.55. The van der Waals surface area contributed by atoms with Crippen LogP contribution in [0.1, 0.15) is 43.7 Å². The Morgan fingerprint density at radius 2 is 1.83 bits per heavy atom. The van der Waals surface area contributed by atoms with Gasteiger partial charge < -0.3 is 4.90 Å². The quantitative estimate of drug-likeness (QED) is 0.855. The van der Waals surface area contributed by atoms with Crippen molar-refractivity contribution in [2.24, 2.45) is 0 Å². The number of amides is 1. The van der Waals surface area contributed by atoms with Gasteiger partial charge >= 0.3 is 0 Å². The third-order valence-corrected chi connectivity index (χ3v) is 5.51. The molecule has 3 heterocycles. The zero-order valence-electron chi connectivity index (χ0n) is 13.5. The van der Waals surface area contributed by atoms with Crippen LogP contribution in [-0.4, -0.2) is 37.9 Å². The van der Waals surface area contributed by atoms with E-state index in [4.69, 9.17) is 11.6 Å². The number of nitrogens with zero attached hydrogens (tertiary/aromatic N) is 4. The van der Waals surface area contributed by atoms with E-state index in [9.17, 15) is 4.79 Å². The third kappa shape index (κ3) is 3.05. The normalized spacial score (nSPS) is 25.9. The summed E-state index contributed by atoms with van der Waals surface area (Å²) < 4.78 is 0. The lowest BCUT2D eigenvalue weighted by molar-refractivity contribution is -0.136. The average Bonchev–Trinajstić information content (AvgIpc) is 3.20. The SMILES string of the molecule is O=C(CCc1cccc(Cl)c1)N1C2CCC1CC(n1nccn1)C2. The van der Waals surface area contributed by atoms with Crippen LogP contribution in [0.4, 0.5) is 0 Å². The Hall–Kier alpha value is -1.88. The molecule has 2 atom stereocenters. The number of rotatable bonds is 4. The van der Waals surface area contributed by atoms with Gasteiger partial charge in [-0.2, -0.15) is 15.0 Å². The number of fused-ring (bicyclic) bond motifs is 2. The maximum absolute atomic E-state index is 12.8. The van der Waals surface area contributed by atoms with Gasteiger partial charge in [0, 0.05) is 23.5 Å². The van der Waals surface area contributed by atoms with Crippen molar-refractivity contribution in [2.75, 3.05) is 0 Å². The minimum absolute atomic E-state index is 0.273. The Labute approximate surface area is 146 Å². The molecule has 2 aliphatic rings. The van der Waals surface area contributed by atoms with Crippen molar-refractivity contribution in [3.8, 4) is 0 Å². The molecule has 0 N–H and O–H groups in total. The molecule has 0 saturated carbocycles. The van der Waals surface area contributed by atoms with Gasteiger partial charge in [-0.15, -0.1) is 0 Å². The Morgan fingerprint density at radius 3 is 2.50 bits per heavy atom. The molecule has 0 aliphatic carbocycles. The van der Waals surface area contributed by atoms with Crippen LogP contribution in [0.15, 0.2) is 36.7 Å². The molecule has 2 saturated heterocycles. The minimum Gasteiger partial charge on any atom is -0.337 e. The summed E-state index contributed by atoms with van der Waals surface area (Å²) >= 11 is 6.02. The lowest BCUT2D eigenvalue weighted by atomic mass is 9.97. The standard InChI is InChI=1S/C18H21ClN4O/c19-14-3-1-2-13(10-14)4-7-18(24)22-15-5-6-16(22)12-17(11-15)23-20-8-9-21-23/h1-3,8-10,15-17H,4-7,11-12H2. The third-order valence-electron chi connectivity index (χ3n) is 5.28. The first kappa shape index (κ1) is 15.6. The van der Waals surface area contributed by atoms with Crippen molar-refractivity contribution in [1.82, 2.24) is 19.9 Å². The van der Waals surface area contributed by atoms with E-state index >= 15 is 0 Å². The molecule has 5 nitrogen and oxygen atoms in total. The number of carbonyl (C=O) groups excluding carboxylic acids is 1. The molecule has 4 rings (SSSR count). The lowest BCUT2D eigenvalue weighted by Crippen LogP contribution is -2.47. The fourth-order valence-electron chi connectivity index (χ4n) is 4.23. The summed E-state index contributed by atoms with van der Waals surface area (Å²) in [5, 5.41) is 9.29. The van der Waals surface area contributed by atoms with Crippen molar-refractivity contribution in [3.63, 3.8) is 0 Å². The van der Waals surface area contributed by atoms with Gasteiger partial charge in [0.15, 0.2) is 0 Å². The topological polar surface area (TPSA) is 51.0 Å². The van der Waals surface area contributed by atoms with E-state index in [1.807, 2.05) is 29.1 Å². The predicted molar refractivity (Wildman–Crippen MR) is 91.7 cm³/mol. The van der Waals surface area contributed by atoms with E-state index in [0.717, 1.165) is 42.7 Å². The predicted octanol–water partition coefficient (Wildman–Crippen LogP) is 3.26. The van der Waals surface area contributed by atoms with Gasteiger partial charge in [0.1, 0.15) is 0 Å². The van der Waals surface area contributed by atoms with Crippen molar-refractivity contribution in [2.45, 2.75) is 56.7 Å². The van der Waals surface area contributed by atoms with E-state index in [0.29, 0.717) is 24.5 Å². The van der Waals surface area contributed by atoms with E-state index in [1.165, 1.54) is 0 Å². The highest BCUT2D eigenvalue weighted by atomic mass is 35.5. The van der Waals surface area contributed by atoms with Gasteiger partial charge in [-0.3, -0.25) is 4.79 Å². The number of benzene rings is 1. The van der Waals surface area contributed by atoms with Crippen LogP contribution in [0.3, 0.4) is 0 Å². The Bertz CT molecular complexity index is 704. The van der Waals surface area contributed by atoms with Crippen molar-refractivity contribution in [3.05, 3.63) is 47.2 Å². The van der Waals surface area contributed by atoms with Gasteiger partial charge in [-0.1, -0.05) is 23.7 Å². The summed E-state index contributed by atoms with van der Waals surface area (Å²) in [4.78, 5) is 16.7. The zero-order chi connectivity index (χ0) is 16.5. The summed E-state index contributed by atoms with van der Waals surface area (Å²) in [5.41, 5.74) is 1.12. The molecule has 1 aromatic heterocycles. The maximum atomic E-state index is 12.8. The summed E-state index contributed by atoms with van der Waals surface area (Å²) in [6.45, 7) is 0. The van der Waals surface area contributed by atoms with E-state index in [-0.39, 0.29) is 5.91 Å². The number of hydrogen-bond acceptors (Lipinski definition) is 3. The van der Waals surface area contributed by atoms with Gasteiger partial charge in [0.25, 0.3) is 0 Å². The van der Waals surface area contributed by atoms with Crippen molar-refractivity contribution >= 4 is 17.5 Å². The summed E-state index contributed by atoms with van der Waals surface area (Å²) in [6.07, 6.45) is 8.89.